The van der Waals surface area contributed by atoms with Gasteiger partial charge in [-0.05, 0) is 11.6 Å². The molecule has 0 aromatic heterocycles. The van der Waals surface area contributed by atoms with Gasteiger partial charge in [-0.25, -0.2) is 4.39 Å². The lowest BCUT2D eigenvalue weighted by Gasteiger charge is -2.26. The fourth-order valence-electron chi connectivity index (χ4n) is 2.07. The number of nitrogens with one attached hydrogen (secondary N) is 1. The van der Waals surface area contributed by atoms with Crippen molar-refractivity contribution in [3.8, 4) is 0 Å². The first-order valence-corrected chi connectivity index (χ1v) is 6.63. The van der Waals surface area contributed by atoms with Gasteiger partial charge in [-0.2, -0.15) is 0 Å². The molecule has 0 aliphatic carbocycles. The van der Waals surface area contributed by atoms with Crippen molar-refractivity contribution in [2.24, 2.45) is 0 Å². The monoisotopic (exact) mass is 288 g/mol. The number of hydrogen-bond acceptors (Lipinski definition) is 3. The molecule has 0 aliphatic heterocycles. The molecule has 21 heavy (non-hydrogen) atoms. The van der Waals surface area contributed by atoms with Gasteiger partial charge < -0.3 is 5.32 Å². The van der Waals surface area contributed by atoms with E-state index >= 15 is 0 Å². The van der Waals surface area contributed by atoms with Gasteiger partial charge in [0.25, 0.3) is 5.69 Å². The molecule has 0 fully saturated rings. The molecule has 0 saturated carbocycles. The molecule has 0 atom stereocenters. The topological polar surface area (TPSA) is 55.2 Å². The van der Waals surface area contributed by atoms with Gasteiger partial charge in [0.05, 0.1) is 16.7 Å². The summed E-state index contributed by atoms with van der Waals surface area (Å²) < 4.78 is 13.8. The van der Waals surface area contributed by atoms with Crippen LogP contribution in [0.4, 0.5) is 15.8 Å². The van der Waals surface area contributed by atoms with Gasteiger partial charge >= 0.3 is 0 Å². The number of nitro benzene ring substituents is 1. The number of benzene rings is 2. The number of rotatable bonds is 5. The summed E-state index contributed by atoms with van der Waals surface area (Å²) in [5.41, 5.74) is 0.972. The first-order valence-electron chi connectivity index (χ1n) is 6.63. The van der Waals surface area contributed by atoms with Crippen molar-refractivity contribution < 1.29 is 9.31 Å². The molecule has 5 heteroatoms. The Bertz CT molecular complexity index is 642. The van der Waals surface area contributed by atoms with Gasteiger partial charge in [0.2, 0.25) is 0 Å². The van der Waals surface area contributed by atoms with Gasteiger partial charge in [0, 0.05) is 18.0 Å². The van der Waals surface area contributed by atoms with E-state index in [1.54, 1.807) is 0 Å². The van der Waals surface area contributed by atoms with Crippen LogP contribution in [0.15, 0.2) is 48.5 Å². The van der Waals surface area contributed by atoms with Gasteiger partial charge in [-0.3, -0.25) is 10.1 Å². The largest absolute Gasteiger partial charge is 0.382 e. The third-order valence-corrected chi connectivity index (χ3v) is 3.44. The molecule has 4 nitrogen and oxygen atoms in total. The normalized spacial score (nSPS) is 11.2. The Morgan fingerprint density at radius 3 is 2.43 bits per heavy atom. The second-order valence-electron chi connectivity index (χ2n) is 5.52. The fourth-order valence-corrected chi connectivity index (χ4v) is 2.07. The number of nitrogens with zero attached hydrogens (tertiary/aromatic N) is 1. The summed E-state index contributed by atoms with van der Waals surface area (Å²) >= 11 is 0. The van der Waals surface area contributed by atoms with Crippen LogP contribution in [0.1, 0.15) is 19.4 Å². The van der Waals surface area contributed by atoms with Crippen LogP contribution in [-0.4, -0.2) is 11.5 Å². The Hall–Kier alpha value is -2.43. The van der Waals surface area contributed by atoms with Gasteiger partial charge in [0.1, 0.15) is 0 Å². The van der Waals surface area contributed by atoms with E-state index in [4.69, 9.17) is 0 Å². The van der Waals surface area contributed by atoms with Crippen LogP contribution >= 0.6 is 0 Å². The second kappa shape index (κ2) is 5.91. The molecule has 1 N–H and O–H groups in total. The van der Waals surface area contributed by atoms with Crippen LogP contribution in [0.25, 0.3) is 0 Å². The molecule has 0 amide bonds. The average molecular weight is 288 g/mol. The van der Waals surface area contributed by atoms with Crippen LogP contribution in [0, 0.1) is 15.9 Å². The Balaban J connectivity index is 2.11. The minimum absolute atomic E-state index is 0.185. The Labute approximate surface area is 122 Å². The van der Waals surface area contributed by atoms with E-state index in [2.05, 4.69) is 19.2 Å². The minimum Gasteiger partial charge on any atom is -0.382 e. The van der Waals surface area contributed by atoms with Crippen LogP contribution in [0.5, 0.6) is 0 Å². The molecule has 2 aromatic rings. The van der Waals surface area contributed by atoms with Crippen LogP contribution in [-0.2, 0) is 5.41 Å². The first-order chi connectivity index (χ1) is 9.90. The van der Waals surface area contributed by atoms with Crippen molar-refractivity contribution in [2.75, 3.05) is 11.9 Å². The molecular weight excluding hydrogens is 271 g/mol. The van der Waals surface area contributed by atoms with Crippen molar-refractivity contribution in [3.63, 3.8) is 0 Å². The smallest absolute Gasteiger partial charge is 0.272 e. The zero-order chi connectivity index (χ0) is 15.5. The maximum absolute atomic E-state index is 13.8. The van der Waals surface area contributed by atoms with E-state index in [9.17, 15) is 14.5 Å². The zero-order valence-electron chi connectivity index (χ0n) is 12.0. The lowest BCUT2D eigenvalue weighted by molar-refractivity contribution is -0.385. The number of non-ortho nitro benzene ring substituents is 1. The predicted octanol–water partition coefficient (Wildman–Crippen LogP) is 4.12. The summed E-state index contributed by atoms with van der Waals surface area (Å²) in [6.07, 6.45) is 0. The highest BCUT2D eigenvalue weighted by Crippen LogP contribution is 2.25. The Morgan fingerprint density at radius 1 is 1.19 bits per heavy atom. The highest BCUT2D eigenvalue weighted by molar-refractivity contribution is 5.50. The van der Waals surface area contributed by atoms with Crippen molar-refractivity contribution in [2.45, 2.75) is 19.3 Å². The highest BCUT2D eigenvalue weighted by Gasteiger charge is 2.21. The lowest BCUT2D eigenvalue weighted by atomic mass is 9.84. The molecule has 0 bridgehead atoms. The molecule has 0 spiro atoms. The fraction of sp³-hybridized carbons (Fsp3) is 0.250. The van der Waals surface area contributed by atoms with E-state index in [1.807, 2.05) is 30.3 Å². The van der Waals surface area contributed by atoms with E-state index in [0.29, 0.717) is 6.54 Å². The SMILES string of the molecule is CC(C)(CNc1ccc([N+](=O)[O-])cc1F)c1ccccc1. The molecule has 0 radical (unpaired) electrons. The summed E-state index contributed by atoms with van der Waals surface area (Å²) in [6.45, 7) is 4.63. The Morgan fingerprint density at radius 2 is 1.86 bits per heavy atom. The summed E-state index contributed by atoms with van der Waals surface area (Å²) in [5, 5.41) is 13.6. The molecule has 0 unspecified atom stereocenters. The van der Waals surface area contributed by atoms with Gasteiger partial charge in [-0.15, -0.1) is 0 Å². The zero-order valence-corrected chi connectivity index (χ0v) is 12.0. The van der Waals surface area contributed by atoms with Crippen LogP contribution in [0.2, 0.25) is 0 Å². The highest BCUT2D eigenvalue weighted by atomic mass is 19.1. The van der Waals surface area contributed by atoms with E-state index in [1.165, 1.54) is 12.1 Å². The van der Waals surface area contributed by atoms with E-state index in [0.717, 1.165) is 11.6 Å². The summed E-state index contributed by atoms with van der Waals surface area (Å²) in [6, 6.07) is 13.5. The first kappa shape index (κ1) is 15.0. The van der Waals surface area contributed by atoms with Crippen molar-refractivity contribution in [1.29, 1.82) is 0 Å². The summed E-state index contributed by atoms with van der Waals surface area (Å²) in [5.74, 6) is -0.618. The van der Waals surface area contributed by atoms with Gasteiger partial charge in [0.15, 0.2) is 5.82 Å². The molecule has 0 heterocycles. The minimum atomic E-state index is -0.618. The maximum Gasteiger partial charge on any atom is 0.272 e. The Kier molecular flexibility index (Phi) is 4.21. The van der Waals surface area contributed by atoms with Crippen molar-refractivity contribution >= 4 is 11.4 Å². The summed E-state index contributed by atoms with van der Waals surface area (Å²) in [7, 11) is 0. The predicted molar refractivity (Wildman–Crippen MR) is 81.0 cm³/mol. The molecule has 0 aliphatic rings. The maximum atomic E-state index is 13.8. The van der Waals surface area contributed by atoms with E-state index < -0.39 is 10.7 Å². The van der Waals surface area contributed by atoms with E-state index in [-0.39, 0.29) is 16.8 Å². The quantitative estimate of drug-likeness (QED) is 0.665. The van der Waals surface area contributed by atoms with Crippen LogP contribution in [0.3, 0.4) is 0 Å². The molecule has 2 rings (SSSR count). The number of anilines is 1. The number of hydrogen-bond donors (Lipinski definition) is 1. The average Bonchev–Trinajstić information content (AvgIpc) is 2.46. The number of halogens is 1. The third-order valence-electron chi connectivity index (χ3n) is 3.44. The van der Waals surface area contributed by atoms with Crippen molar-refractivity contribution in [1.82, 2.24) is 0 Å². The molecule has 2 aromatic carbocycles. The lowest BCUT2D eigenvalue weighted by Crippen LogP contribution is -2.27. The second-order valence-corrected chi connectivity index (χ2v) is 5.52. The van der Waals surface area contributed by atoms with Gasteiger partial charge in [-0.1, -0.05) is 44.2 Å². The molecule has 110 valence electrons. The third kappa shape index (κ3) is 3.56. The number of nitro groups is 1. The van der Waals surface area contributed by atoms with Crippen LogP contribution < -0.4 is 5.32 Å². The van der Waals surface area contributed by atoms with Crippen molar-refractivity contribution in [3.05, 3.63) is 70.0 Å². The molecular formula is C16H17FN2O2. The summed E-state index contributed by atoms with van der Waals surface area (Å²) in [4.78, 5) is 9.97. The molecule has 0 saturated heterocycles. The standard InChI is InChI=1S/C16H17FN2O2/c1-16(2,12-6-4-3-5-7-12)11-18-15-9-8-13(19(20)21)10-14(15)17/h3-10,18H,11H2,1-2H3.